The van der Waals surface area contributed by atoms with E-state index in [4.69, 9.17) is 0 Å². The third-order valence-corrected chi connectivity index (χ3v) is 2.39. The first-order valence-corrected chi connectivity index (χ1v) is 4.73. The number of hydrogen-bond acceptors (Lipinski definition) is 3. The normalized spacial score (nSPS) is 14.3. The molecule has 1 rings (SSSR count). The summed E-state index contributed by atoms with van der Waals surface area (Å²) in [5.74, 6) is 0. The lowest BCUT2D eigenvalue weighted by molar-refractivity contribution is -0.179. The van der Waals surface area contributed by atoms with Crippen LogP contribution in [0.15, 0.2) is 17.5 Å². The van der Waals surface area contributed by atoms with E-state index < -0.39 is 18.9 Å². The number of halogens is 3. The molecule has 1 aromatic heterocycles. The second kappa shape index (κ2) is 4.77. The highest BCUT2D eigenvalue weighted by Crippen LogP contribution is 2.20. The molecule has 0 amide bonds. The molecule has 0 saturated carbocycles. The van der Waals surface area contributed by atoms with Crippen LogP contribution in [0.2, 0.25) is 0 Å². The monoisotopic (exact) mass is 226 g/mol. The Morgan fingerprint density at radius 3 is 2.71 bits per heavy atom. The van der Waals surface area contributed by atoms with Crippen molar-refractivity contribution in [2.45, 2.75) is 12.3 Å². The third kappa shape index (κ3) is 4.08. The third-order valence-electron chi connectivity index (χ3n) is 1.41. The molecular weight excluding hydrogens is 217 g/mol. The van der Waals surface area contributed by atoms with Crippen LogP contribution in [0.4, 0.5) is 13.2 Å². The van der Waals surface area contributed by atoms with E-state index in [9.17, 15) is 18.3 Å². The van der Waals surface area contributed by atoms with Gasteiger partial charge in [-0.1, -0.05) is 6.07 Å². The van der Waals surface area contributed by atoms with Crippen LogP contribution in [0, 0.1) is 0 Å². The number of thiophene rings is 1. The number of rotatable bonds is 4. The van der Waals surface area contributed by atoms with Crippen molar-refractivity contribution in [1.29, 1.82) is 0 Å². The van der Waals surface area contributed by atoms with Gasteiger partial charge < -0.3 is 9.84 Å². The van der Waals surface area contributed by atoms with Gasteiger partial charge in [0.05, 0.1) is 6.61 Å². The van der Waals surface area contributed by atoms with E-state index in [2.05, 4.69) is 4.74 Å². The van der Waals surface area contributed by atoms with E-state index in [0.29, 0.717) is 4.88 Å². The molecule has 1 N–H and O–H groups in total. The van der Waals surface area contributed by atoms with Gasteiger partial charge in [-0.05, 0) is 11.4 Å². The topological polar surface area (TPSA) is 29.5 Å². The second-order valence-corrected chi connectivity index (χ2v) is 3.64. The Kier molecular flexibility index (Phi) is 3.91. The first-order valence-electron chi connectivity index (χ1n) is 3.85. The number of hydrogen-bond donors (Lipinski definition) is 1. The molecule has 0 aliphatic rings. The van der Waals surface area contributed by atoms with Crippen molar-refractivity contribution in [3.63, 3.8) is 0 Å². The largest absolute Gasteiger partial charge is 0.411 e. The quantitative estimate of drug-likeness (QED) is 0.854. The van der Waals surface area contributed by atoms with E-state index in [1.54, 1.807) is 17.5 Å². The van der Waals surface area contributed by atoms with Crippen molar-refractivity contribution >= 4 is 11.3 Å². The highest BCUT2D eigenvalue weighted by molar-refractivity contribution is 7.10. The summed E-state index contributed by atoms with van der Waals surface area (Å²) in [4.78, 5) is 0.604. The van der Waals surface area contributed by atoms with Crippen molar-refractivity contribution < 1.29 is 23.0 Å². The molecule has 0 aromatic carbocycles. The lowest BCUT2D eigenvalue weighted by Crippen LogP contribution is -2.19. The molecule has 1 atom stereocenters. The van der Waals surface area contributed by atoms with Gasteiger partial charge in [0.2, 0.25) is 0 Å². The maximum absolute atomic E-state index is 11.6. The lowest BCUT2D eigenvalue weighted by atomic mass is 10.3. The minimum Gasteiger partial charge on any atom is -0.385 e. The summed E-state index contributed by atoms with van der Waals surface area (Å²) < 4.78 is 39.2. The molecule has 80 valence electrons. The number of ether oxygens (including phenoxy) is 1. The average Bonchev–Trinajstić information content (AvgIpc) is 2.53. The van der Waals surface area contributed by atoms with Gasteiger partial charge in [0.1, 0.15) is 12.7 Å². The van der Waals surface area contributed by atoms with Crippen LogP contribution in [0.3, 0.4) is 0 Å². The predicted molar refractivity (Wildman–Crippen MR) is 46.2 cm³/mol. The van der Waals surface area contributed by atoms with Crippen LogP contribution >= 0.6 is 11.3 Å². The molecule has 14 heavy (non-hydrogen) atoms. The summed E-state index contributed by atoms with van der Waals surface area (Å²) >= 11 is 1.28. The summed E-state index contributed by atoms with van der Waals surface area (Å²) in [6.45, 7) is -1.66. The summed E-state index contributed by atoms with van der Waals surface area (Å²) in [5.41, 5.74) is 0. The molecule has 0 aliphatic heterocycles. The first-order chi connectivity index (χ1) is 6.49. The van der Waals surface area contributed by atoms with Crippen LogP contribution in [-0.2, 0) is 4.74 Å². The van der Waals surface area contributed by atoms with E-state index in [1.165, 1.54) is 11.3 Å². The van der Waals surface area contributed by atoms with Crippen molar-refractivity contribution in [2.75, 3.05) is 13.2 Å². The van der Waals surface area contributed by atoms with E-state index in [1.807, 2.05) is 0 Å². The molecule has 1 heterocycles. The number of alkyl halides is 3. The fourth-order valence-electron chi connectivity index (χ4n) is 0.849. The lowest BCUT2D eigenvalue weighted by Gasteiger charge is -2.10. The Balaban J connectivity index is 2.26. The fourth-order valence-corrected chi connectivity index (χ4v) is 1.55. The highest BCUT2D eigenvalue weighted by Gasteiger charge is 2.27. The van der Waals surface area contributed by atoms with Crippen molar-refractivity contribution in [3.05, 3.63) is 22.4 Å². The Hall–Kier alpha value is -0.590. The summed E-state index contributed by atoms with van der Waals surface area (Å²) in [6.07, 6.45) is -5.31. The standard InChI is InChI=1S/C8H9F3O2S/c9-8(10,11)5-13-4-6(12)7-2-1-3-14-7/h1-3,6,12H,4-5H2. The van der Waals surface area contributed by atoms with E-state index in [0.717, 1.165) is 0 Å². The smallest absolute Gasteiger partial charge is 0.385 e. The van der Waals surface area contributed by atoms with Gasteiger partial charge in [-0.2, -0.15) is 13.2 Å². The minimum absolute atomic E-state index is 0.333. The van der Waals surface area contributed by atoms with Crippen molar-refractivity contribution in [2.24, 2.45) is 0 Å². The molecule has 0 bridgehead atoms. The van der Waals surface area contributed by atoms with Crippen LogP contribution < -0.4 is 0 Å². The van der Waals surface area contributed by atoms with Gasteiger partial charge in [0, 0.05) is 4.88 Å². The van der Waals surface area contributed by atoms with Gasteiger partial charge in [-0.3, -0.25) is 0 Å². The molecule has 0 spiro atoms. The molecule has 2 nitrogen and oxygen atoms in total. The summed E-state index contributed by atoms with van der Waals surface area (Å²) in [5, 5.41) is 11.1. The van der Waals surface area contributed by atoms with E-state index >= 15 is 0 Å². The number of aliphatic hydroxyl groups is 1. The van der Waals surface area contributed by atoms with Crippen LogP contribution in [0.25, 0.3) is 0 Å². The SMILES string of the molecule is OC(COCC(F)(F)F)c1cccs1. The van der Waals surface area contributed by atoms with Crippen molar-refractivity contribution in [1.82, 2.24) is 0 Å². The first kappa shape index (κ1) is 11.5. The molecule has 0 aliphatic carbocycles. The maximum atomic E-state index is 11.6. The zero-order valence-electron chi connectivity index (χ0n) is 7.12. The minimum atomic E-state index is -4.34. The molecule has 0 radical (unpaired) electrons. The van der Waals surface area contributed by atoms with Crippen LogP contribution in [-0.4, -0.2) is 24.5 Å². The Morgan fingerprint density at radius 1 is 1.50 bits per heavy atom. The van der Waals surface area contributed by atoms with Gasteiger partial charge in [0.15, 0.2) is 0 Å². The molecule has 0 saturated heterocycles. The zero-order valence-corrected chi connectivity index (χ0v) is 7.94. The second-order valence-electron chi connectivity index (χ2n) is 2.66. The molecule has 1 unspecified atom stereocenters. The molecule has 1 aromatic rings. The van der Waals surface area contributed by atoms with Gasteiger partial charge in [-0.25, -0.2) is 0 Å². The predicted octanol–water partition coefficient (Wildman–Crippen LogP) is 2.36. The summed E-state index contributed by atoms with van der Waals surface area (Å²) in [6, 6.07) is 3.36. The Bertz CT molecular complexity index is 258. The molecule has 0 fully saturated rings. The van der Waals surface area contributed by atoms with Crippen LogP contribution in [0.1, 0.15) is 11.0 Å². The molecule has 6 heteroatoms. The Labute approximate surface area is 82.9 Å². The highest BCUT2D eigenvalue weighted by atomic mass is 32.1. The van der Waals surface area contributed by atoms with Crippen LogP contribution in [0.5, 0.6) is 0 Å². The number of aliphatic hydroxyl groups excluding tert-OH is 1. The van der Waals surface area contributed by atoms with Gasteiger partial charge >= 0.3 is 6.18 Å². The average molecular weight is 226 g/mol. The molecular formula is C8H9F3O2S. The fraction of sp³-hybridized carbons (Fsp3) is 0.500. The van der Waals surface area contributed by atoms with E-state index in [-0.39, 0.29) is 6.61 Å². The maximum Gasteiger partial charge on any atom is 0.411 e. The van der Waals surface area contributed by atoms with Gasteiger partial charge in [-0.15, -0.1) is 11.3 Å². The van der Waals surface area contributed by atoms with Crippen molar-refractivity contribution in [3.8, 4) is 0 Å². The Morgan fingerprint density at radius 2 is 2.21 bits per heavy atom. The zero-order chi connectivity index (χ0) is 10.6. The van der Waals surface area contributed by atoms with Gasteiger partial charge in [0.25, 0.3) is 0 Å². The summed E-state index contributed by atoms with van der Waals surface area (Å²) in [7, 11) is 0.